The van der Waals surface area contributed by atoms with E-state index < -0.39 is 51.6 Å². The number of carbonyl (C=O) groups excluding carboxylic acids is 4. The maximum atomic E-state index is 13.3. The Kier molecular flexibility index (Phi) is 7.96. The van der Waals surface area contributed by atoms with Gasteiger partial charge in [0.05, 0.1) is 6.61 Å². The average molecular weight is 524 g/mol. The minimum absolute atomic E-state index is 0.0199. The molecule has 0 saturated carbocycles. The minimum Gasteiger partial charge on any atom is -0.477 e. The van der Waals surface area contributed by atoms with Gasteiger partial charge in [-0.25, -0.2) is 9.59 Å². The lowest BCUT2D eigenvalue weighted by Gasteiger charge is -2.56. The van der Waals surface area contributed by atoms with Crippen molar-refractivity contribution in [2.75, 3.05) is 19.0 Å². The van der Waals surface area contributed by atoms with Gasteiger partial charge in [-0.3, -0.25) is 24.6 Å². The molecule has 0 spiro atoms. The third-order valence-corrected chi connectivity index (χ3v) is 6.49. The van der Waals surface area contributed by atoms with E-state index in [1.165, 1.54) is 6.92 Å². The predicted molar refractivity (Wildman–Crippen MR) is 125 cm³/mol. The largest absolute Gasteiger partial charge is 0.477 e. The van der Waals surface area contributed by atoms with Crippen LogP contribution in [0.1, 0.15) is 13.8 Å². The number of alkyl carbamates (subject to hydrolysis) is 1. The molecule has 0 unspecified atom stereocenters. The standard InChI is InChI=1S/C21H21N3O9S2/c1-3-31-20(30)23-21(22-15(26)17(34)33-13-7-5-4-6-8-13)18(29)24-14(16(27)28)12(9-32-11(2)25)10-35-19(21)24/h4-8,19H,3,9-10H2,1-2H3,(H,22,26)(H,23,30)(H,27,28)/t19-,21+/m1/s1. The van der Waals surface area contributed by atoms with Crippen molar-refractivity contribution in [2.24, 2.45) is 0 Å². The molecule has 12 nitrogen and oxygen atoms in total. The molecule has 3 rings (SSSR count). The molecular weight excluding hydrogens is 502 g/mol. The number of carbonyl (C=O) groups is 5. The maximum Gasteiger partial charge on any atom is 0.409 e. The SMILES string of the molecule is CCOC(=O)N[C@@]1(NC(=O)C(=S)Oc2ccccc2)C(=O)N2C(C(=O)O)=C(COC(C)=O)CS[C@@H]21. The highest BCUT2D eigenvalue weighted by Gasteiger charge is 2.67. The number of thioether (sulfide) groups is 1. The Hall–Kier alpha value is -3.65. The van der Waals surface area contributed by atoms with Crippen LogP contribution in [0.4, 0.5) is 4.79 Å². The Bertz CT molecular complexity index is 1110. The van der Waals surface area contributed by atoms with Crippen LogP contribution in [0.2, 0.25) is 0 Å². The fourth-order valence-electron chi connectivity index (χ4n) is 3.38. The first kappa shape index (κ1) is 26.0. The van der Waals surface area contributed by atoms with Crippen molar-refractivity contribution >= 4 is 58.9 Å². The molecule has 1 aromatic rings. The molecule has 2 atom stereocenters. The van der Waals surface area contributed by atoms with Gasteiger partial charge in [-0.2, -0.15) is 0 Å². The van der Waals surface area contributed by atoms with Gasteiger partial charge in [0.2, 0.25) is 5.66 Å². The highest BCUT2D eigenvalue weighted by atomic mass is 32.2. The van der Waals surface area contributed by atoms with Gasteiger partial charge in [0.25, 0.3) is 11.0 Å². The second-order valence-electron chi connectivity index (χ2n) is 7.19. The van der Waals surface area contributed by atoms with Crippen molar-refractivity contribution in [3.05, 3.63) is 41.6 Å². The van der Waals surface area contributed by atoms with Crippen molar-refractivity contribution in [3.8, 4) is 5.75 Å². The van der Waals surface area contributed by atoms with Gasteiger partial charge in [0.15, 0.2) is 0 Å². The fraction of sp³-hybridized carbons (Fsp3) is 0.333. The molecule has 3 N–H and O–H groups in total. The van der Waals surface area contributed by atoms with Crippen LogP contribution in [0.25, 0.3) is 0 Å². The number of fused-ring (bicyclic) bond motifs is 1. The summed E-state index contributed by atoms with van der Waals surface area (Å²) in [6.07, 6.45) is -1.01. The molecular formula is C21H21N3O9S2. The van der Waals surface area contributed by atoms with E-state index in [-0.39, 0.29) is 30.3 Å². The number of para-hydroxylation sites is 1. The van der Waals surface area contributed by atoms with Crippen LogP contribution in [0.3, 0.4) is 0 Å². The number of nitrogens with zero attached hydrogens (tertiary/aromatic N) is 1. The summed E-state index contributed by atoms with van der Waals surface area (Å²) in [5.74, 6) is -3.68. The van der Waals surface area contributed by atoms with E-state index >= 15 is 0 Å². The first-order valence-corrected chi connectivity index (χ1v) is 11.6. The molecule has 1 fully saturated rings. The van der Waals surface area contributed by atoms with Gasteiger partial charge in [0.1, 0.15) is 23.4 Å². The molecule has 35 heavy (non-hydrogen) atoms. The zero-order valence-electron chi connectivity index (χ0n) is 18.6. The number of β-lactam (4-membered cyclic amide) rings is 1. The van der Waals surface area contributed by atoms with Crippen molar-refractivity contribution in [2.45, 2.75) is 24.9 Å². The number of amides is 3. The number of rotatable bonds is 7. The summed E-state index contributed by atoms with van der Waals surface area (Å²) in [5, 5.41) is 12.9. The third-order valence-electron chi connectivity index (χ3n) is 4.83. The van der Waals surface area contributed by atoms with Crippen molar-refractivity contribution in [1.29, 1.82) is 0 Å². The van der Waals surface area contributed by atoms with Crippen molar-refractivity contribution < 1.29 is 43.3 Å². The normalized spacial score (nSPS) is 20.7. The van der Waals surface area contributed by atoms with Gasteiger partial charge >= 0.3 is 23.9 Å². The van der Waals surface area contributed by atoms with Gasteiger partial charge in [-0.05, 0) is 31.3 Å². The summed E-state index contributed by atoms with van der Waals surface area (Å²) < 4.78 is 15.1. The average Bonchev–Trinajstić information content (AvgIpc) is 2.81. The fourth-order valence-corrected chi connectivity index (χ4v) is 4.93. The van der Waals surface area contributed by atoms with Crippen LogP contribution in [0, 0.1) is 0 Å². The van der Waals surface area contributed by atoms with Crippen LogP contribution in [-0.4, -0.2) is 74.9 Å². The number of thiocarbonyl (C=S) groups is 1. The predicted octanol–water partition coefficient (Wildman–Crippen LogP) is 0.768. The maximum absolute atomic E-state index is 13.3. The van der Waals surface area contributed by atoms with E-state index in [4.69, 9.17) is 26.4 Å². The number of nitrogens with one attached hydrogen (secondary N) is 2. The summed E-state index contributed by atoms with van der Waals surface area (Å²) >= 11 is 6.08. The molecule has 2 aliphatic rings. The highest BCUT2D eigenvalue weighted by Crippen LogP contribution is 2.45. The second-order valence-corrected chi connectivity index (χ2v) is 8.63. The van der Waals surface area contributed by atoms with Crippen LogP contribution < -0.4 is 15.4 Å². The molecule has 2 aliphatic heterocycles. The summed E-state index contributed by atoms with van der Waals surface area (Å²) in [6, 6.07) is 8.19. The molecule has 3 amide bonds. The zero-order valence-corrected chi connectivity index (χ0v) is 20.2. The first-order valence-electron chi connectivity index (χ1n) is 10.2. The lowest BCUT2D eigenvalue weighted by molar-refractivity contribution is -0.160. The molecule has 186 valence electrons. The molecule has 14 heteroatoms. The molecule has 0 aromatic heterocycles. The summed E-state index contributed by atoms with van der Waals surface area (Å²) in [5.41, 5.74) is -2.29. The third kappa shape index (κ3) is 5.38. The number of carboxylic acid groups (broad SMARTS) is 1. The van der Waals surface area contributed by atoms with Crippen molar-refractivity contribution in [1.82, 2.24) is 15.5 Å². The van der Waals surface area contributed by atoms with E-state index in [1.54, 1.807) is 37.3 Å². The Balaban J connectivity index is 1.89. The second kappa shape index (κ2) is 10.7. The minimum atomic E-state index is -2.06. The molecule has 1 aromatic carbocycles. The smallest absolute Gasteiger partial charge is 0.409 e. The van der Waals surface area contributed by atoms with Gasteiger partial charge in [0, 0.05) is 18.2 Å². The number of hydrogen-bond acceptors (Lipinski definition) is 10. The van der Waals surface area contributed by atoms with Crippen LogP contribution in [0.15, 0.2) is 41.6 Å². The van der Waals surface area contributed by atoms with E-state index in [9.17, 15) is 29.1 Å². The number of ether oxygens (including phenoxy) is 3. The van der Waals surface area contributed by atoms with Crippen LogP contribution in [0.5, 0.6) is 5.75 Å². The Morgan fingerprint density at radius 1 is 1.20 bits per heavy atom. The number of hydrogen-bond donors (Lipinski definition) is 3. The molecule has 0 aliphatic carbocycles. The molecule has 2 heterocycles. The lowest BCUT2D eigenvalue weighted by atomic mass is 9.95. The lowest BCUT2D eigenvalue weighted by Crippen LogP contribution is -2.86. The summed E-state index contributed by atoms with van der Waals surface area (Å²) in [7, 11) is 0. The topological polar surface area (TPSA) is 161 Å². The van der Waals surface area contributed by atoms with E-state index in [2.05, 4.69) is 10.6 Å². The van der Waals surface area contributed by atoms with E-state index in [0.717, 1.165) is 16.7 Å². The van der Waals surface area contributed by atoms with Crippen molar-refractivity contribution in [3.63, 3.8) is 0 Å². The van der Waals surface area contributed by atoms with Crippen LogP contribution >= 0.6 is 24.0 Å². The van der Waals surface area contributed by atoms with Gasteiger partial charge in [-0.1, -0.05) is 18.2 Å². The highest BCUT2D eigenvalue weighted by molar-refractivity contribution is 8.00. The monoisotopic (exact) mass is 523 g/mol. The zero-order chi connectivity index (χ0) is 25.8. The summed E-state index contributed by atoms with van der Waals surface area (Å²) in [6.45, 7) is 2.36. The molecule has 0 bridgehead atoms. The van der Waals surface area contributed by atoms with E-state index in [0.29, 0.717) is 0 Å². The summed E-state index contributed by atoms with van der Waals surface area (Å²) in [4.78, 5) is 62.5. The van der Waals surface area contributed by atoms with Gasteiger partial charge in [-0.15, -0.1) is 11.8 Å². The number of esters is 1. The molecule has 0 radical (unpaired) electrons. The number of carboxylic acids is 1. The first-order chi connectivity index (χ1) is 16.6. The quantitative estimate of drug-likeness (QED) is 0.200. The van der Waals surface area contributed by atoms with Crippen LogP contribution in [-0.2, 0) is 28.7 Å². The Labute approximate surface area is 208 Å². The number of benzene rings is 1. The van der Waals surface area contributed by atoms with E-state index in [1.807, 2.05) is 0 Å². The Morgan fingerprint density at radius 2 is 1.89 bits per heavy atom. The Morgan fingerprint density at radius 3 is 2.49 bits per heavy atom. The molecule has 1 saturated heterocycles. The van der Waals surface area contributed by atoms with Gasteiger partial charge < -0.3 is 24.6 Å². The number of aliphatic carboxylic acids is 1.